The fourth-order valence-corrected chi connectivity index (χ4v) is 1.80. The predicted octanol–water partition coefficient (Wildman–Crippen LogP) is 1.57. The van der Waals surface area contributed by atoms with Gasteiger partial charge in [-0.05, 0) is 19.1 Å². The highest BCUT2D eigenvalue weighted by atomic mass is 32.1. The Labute approximate surface area is 79.1 Å². The third-order valence-electron chi connectivity index (χ3n) is 1.49. The number of thiophene rings is 1. The van der Waals surface area contributed by atoms with Crippen LogP contribution >= 0.6 is 11.3 Å². The number of hydrogen-bond donors (Lipinski definition) is 2. The van der Waals surface area contributed by atoms with E-state index in [1.807, 2.05) is 0 Å². The maximum Gasteiger partial charge on any atom is 0.308 e. The van der Waals surface area contributed by atoms with E-state index in [2.05, 4.69) is 5.16 Å². The van der Waals surface area contributed by atoms with E-state index in [4.69, 9.17) is 10.3 Å². The summed E-state index contributed by atoms with van der Waals surface area (Å²) in [6.07, 6.45) is 0.0172. The molecule has 0 atom stereocenters. The lowest BCUT2D eigenvalue weighted by atomic mass is 10.3. The Morgan fingerprint density at radius 1 is 1.62 bits per heavy atom. The number of carboxylic acid groups (broad SMARTS) is 1. The standard InChI is InChI=1S/C8H9NO3S/c1-5(9-12)7-3-2-6(13-7)4-8(10)11/h2-3,12H,4H2,1H3,(H,10,11). The first kappa shape index (κ1) is 9.73. The fourth-order valence-electron chi connectivity index (χ4n) is 0.866. The smallest absolute Gasteiger partial charge is 0.308 e. The molecule has 1 aromatic rings. The summed E-state index contributed by atoms with van der Waals surface area (Å²) in [7, 11) is 0. The average molecular weight is 199 g/mol. The number of hydrogen-bond acceptors (Lipinski definition) is 4. The normalized spacial score (nSPS) is 11.6. The molecule has 70 valence electrons. The highest BCUT2D eigenvalue weighted by Crippen LogP contribution is 2.17. The highest BCUT2D eigenvalue weighted by Gasteiger charge is 2.06. The summed E-state index contributed by atoms with van der Waals surface area (Å²) in [6.45, 7) is 1.66. The number of oxime groups is 1. The third kappa shape index (κ3) is 2.55. The molecule has 2 N–H and O–H groups in total. The van der Waals surface area contributed by atoms with Gasteiger partial charge in [-0.15, -0.1) is 11.3 Å². The van der Waals surface area contributed by atoms with Gasteiger partial charge < -0.3 is 10.3 Å². The van der Waals surface area contributed by atoms with Crippen molar-refractivity contribution in [3.8, 4) is 0 Å². The topological polar surface area (TPSA) is 69.9 Å². The van der Waals surface area contributed by atoms with Gasteiger partial charge in [-0.3, -0.25) is 4.79 Å². The van der Waals surface area contributed by atoms with Crippen LogP contribution in [0.2, 0.25) is 0 Å². The molecule has 4 nitrogen and oxygen atoms in total. The van der Waals surface area contributed by atoms with Crippen LogP contribution < -0.4 is 0 Å². The molecule has 0 saturated heterocycles. The van der Waals surface area contributed by atoms with E-state index in [1.165, 1.54) is 11.3 Å². The summed E-state index contributed by atoms with van der Waals surface area (Å²) in [4.78, 5) is 11.9. The number of nitrogens with zero attached hydrogens (tertiary/aromatic N) is 1. The number of rotatable bonds is 3. The maximum absolute atomic E-state index is 10.3. The molecule has 5 heteroatoms. The zero-order valence-corrected chi connectivity index (χ0v) is 7.84. The minimum absolute atomic E-state index is 0.0172. The van der Waals surface area contributed by atoms with Gasteiger partial charge in [0.1, 0.15) is 0 Å². The summed E-state index contributed by atoms with van der Waals surface area (Å²) in [5.74, 6) is -0.855. The van der Waals surface area contributed by atoms with Gasteiger partial charge in [0.2, 0.25) is 0 Å². The molecular formula is C8H9NO3S. The van der Waals surface area contributed by atoms with Gasteiger partial charge in [0.15, 0.2) is 0 Å². The molecule has 0 aromatic carbocycles. The molecule has 0 aliphatic rings. The molecular weight excluding hydrogens is 190 g/mol. The predicted molar refractivity (Wildman–Crippen MR) is 49.7 cm³/mol. The molecule has 0 unspecified atom stereocenters. The Balaban J connectivity index is 2.80. The lowest BCUT2D eigenvalue weighted by Crippen LogP contribution is -1.97. The van der Waals surface area contributed by atoms with Gasteiger partial charge >= 0.3 is 5.97 Å². The molecule has 1 aromatic heterocycles. The van der Waals surface area contributed by atoms with Gasteiger partial charge in [0.25, 0.3) is 0 Å². The summed E-state index contributed by atoms with van der Waals surface area (Å²) < 4.78 is 0. The minimum Gasteiger partial charge on any atom is -0.481 e. The number of carboxylic acids is 1. The Kier molecular flexibility index (Phi) is 3.02. The van der Waals surface area contributed by atoms with Crippen LogP contribution in [0.4, 0.5) is 0 Å². The summed E-state index contributed by atoms with van der Waals surface area (Å²) in [6, 6.07) is 3.47. The van der Waals surface area contributed by atoms with Crippen LogP contribution in [-0.4, -0.2) is 22.0 Å². The molecule has 0 radical (unpaired) electrons. The van der Waals surface area contributed by atoms with Crippen molar-refractivity contribution in [3.63, 3.8) is 0 Å². The van der Waals surface area contributed by atoms with Crippen molar-refractivity contribution < 1.29 is 15.1 Å². The molecule has 0 saturated carbocycles. The average Bonchev–Trinajstić information content (AvgIpc) is 2.50. The van der Waals surface area contributed by atoms with Crippen LogP contribution in [0.15, 0.2) is 17.3 Å². The van der Waals surface area contributed by atoms with Crippen molar-refractivity contribution in [1.82, 2.24) is 0 Å². The summed E-state index contributed by atoms with van der Waals surface area (Å²) in [5, 5.41) is 20.0. The Hall–Kier alpha value is -1.36. The second-order valence-electron chi connectivity index (χ2n) is 2.52. The summed E-state index contributed by atoms with van der Waals surface area (Å²) in [5.41, 5.74) is 0.502. The van der Waals surface area contributed by atoms with Crippen molar-refractivity contribution >= 4 is 23.0 Å². The fraction of sp³-hybridized carbons (Fsp3) is 0.250. The van der Waals surface area contributed by atoms with Crippen molar-refractivity contribution in [1.29, 1.82) is 0 Å². The molecule has 0 aliphatic carbocycles. The molecule has 1 rings (SSSR count). The maximum atomic E-state index is 10.3. The largest absolute Gasteiger partial charge is 0.481 e. The van der Waals surface area contributed by atoms with Gasteiger partial charge in [-0.2, -0.15) is 0 Å². The molecule has 0 aliphatic heterocycles. The minimum atomic E-state index is -0.855. The summed E-state index contributed by atoms with van der Waals surface area (Å²) >= 11 is 1.32. The highest BCUT2D eigenvalue weighted by molar-refractivity contribution is 7.14. The van der Waals surface area contributed by atoms with Crippen molar-refractivity contribution in [3.05, 3.63) is 21.9 Å². The first-order valence-corrected chi connectivity index (χ1v) is 4.44. The Bertz CT molecular complexity index is 343. The van der Waals surface area contributed by atoms with Gasteiger partial charge in [0, 0.05) is 4.88 Å². The molecule has 13 heavy (non-hydrogen) atoms. The van der Waals surface area contributed by atoms with Crippen LogP contribution in [0, 0.1) is 0 Å². The van der Waals surface area contributed by atoms with E-state index < -0.39 is 5.97 Å². The zero-order valence-electron chi connectivity index (χ0n) is 7.02. The van der Waals surface area contributed by atoms with Crippen LogP contribution in [0.25, 0.3) is 0 Å². The third-order valence-corrected chi connectivity index (χ3v) is 2.69. The van der Waals surface area contributed by atoms with E-state index in [0.29, 0.717) is 5.71 Å². The lowest BCUT2D eigenvalue weighted by molar-refractivity contribution is -0.136. The molecule has 0 spiro atoms. The van der Waals surface area contributed by atoms with E-state index in [0.717, 1.165) is 9.75 Å². The van der Waals surface area contributed by atoms with Crippen molar-refractivity contribution in [2.24, 2.45) is 5.16 Å². The second-order valence-corrected chi connectivity index (χ2v) is 3.69. The first-order valence-electron chi connectivity index (χ1n) is 3.63. The number of carbonyl (C=O) groups is 1. The zero-order chi connectivity index (χ0) is 9.84. The number of aliphatic carboxylic acids is 1. The van der Waals surface area contributed by atoms with E-state index in [9.17, 15) is 4.79 Å². The second kappa shape index (κ2) is 4.04. The quantitative estimate of drug-likeness (QED) is 0.441. The lowest BCUT2D eigenvalue weighted by Gasteiger charge is -1.90. The van der Waals surface area contributed by atoms with Gasteiger partial charge in [-0.25, -0.2) is 0 Å². The molecule has 0 amide bonds. The van der Waals surface area contributed by atoms with E-state index in [-0.39, 0.29) is 6.42 Å². The Morgan fingerprint density at radius 2 is 2.31 bits per heavy atom. The van der Waals surface area contributed by atoms with E-state index in [1.54, 1.807) is 19.1 Å². The monoisotopic (exact) mass is 199 g/mol. The van der Waals surface area contributed by atoms with Crippen LogP contribution in [-0.2, 0) is 11.2 Å². The van der Waals surface area contributed by atoms with Crippen LogP contribution in [0.5, 0.6) is 0 Å². The van der Waals surface area contributed by atoms with Gasteiger partial charge in [0.05, 0.1) is 17.0 Å². The first-order chi connectivity index (χ1) is 6.13. The Morgan fingerprint density at radius 3 is 2.85 bits per heavy atom. The molecule has 0 bridgehead atoms. The molecule has 0 fully saturated rings. The SMILES string of the molecule is CC(=NO)c1ccc(CC(=O)O)s1. The van der Waals surface area contributed by atoms with Crippen LogP contribution in [0.1, 0.15) is 16.7 Å². The van der Waals surface area contributed by atoms with Crippen LogP contribution in [0.3, 0.4) is 0 Å². The van der Waals surface area contributed by atoms with Gasteiger partial charge in [-0.1, -0.05) is 5.16 Å². The van der Waals surface area contributed by atoms with Crippen molar-refractivity contribution in [2.75, 3.05) is 0 Å². The van der Waals surface area contributed by atoms with Crippen molar-refractivity contribution in [2.45, 2.75) is 13.3 Å². The molecule has 1 heterocycles. The van der Waals surface area contributed by atoms with E-state index >= 15 is 0 Å².